The Morgan fingerprint density at radius 2 is 1.95 bits per heavy atom. The van der Waals surface area contributed by atoms with Crippen molar-refractivity contribution in [2.75, 3.05) is 33.5 Å². The molecule has 1 amide bonds. The first-order valence-electron chi connectivity index (χ1n) is 13.2. The first kappa shape index (κ1) is 28.6. The van der Waals surface area contributed by atoms with Crippen LogP contribution >= 0.6 is 11.6 Å². The van der Waals surface area contributed by atoms with Gasteiger partial charge in [0, 0.05) is 29.3 Å². The lowest BCUT2D eigenvalue weighted by Gasteiger charge is -2.22. The standard InChI is InChI=1S/C30H34ClFN2O5/c1-4-18-15-25(34-28(29(18)38-5-2)20-8-10-24(32)23(31)14-20)22(19-6-7-19)17-33-30(36)21-9-11-26(39-13-12-35)27(16-21)37-3/h8-11,14-16,19,22,35H,4-7,12-13,17H2,1-3H3,(H,33,36). The SMILES string of the molecule is CCOc1c(CC)cc(C(CNC(=O)c2ccc(OCCO)c(OC)c2)C2CC2)nc1-c1ccc(F)c(Cl)c1. The fourth-order valence-electron chi connectivity index (χ4n) is 4.61. The van der Waals surface area contributed by atoms with E-state index in [-0.39, 0.29) is 30.1 Å². The van der Waals surface area contributed by atoms with Crippen LogP contribution in [0.5, 0.6) is 17.2 Å². The van der Waals surface area contributed by atoms with E-state index in [9.17, 15) is 9.18 Å². The van der Waals surface area contributed by atoms with Gasteiger partial charge in [-0.25, -0.2) is 9.37 Å². The highest BCUT2D eigenvalue weighted by atomic mass is 35.5. The van der Waals surface area contributed by atoms with E-state index in [1.807, 2.05) is 6.92 Å². The number of hydrogen-bond acceptors (Lipinski definition) is 6. The number of rotatable bonds is 13. The van der Waals surface area contributed by atoms with Crippen LogP contribution in [0, 0.1) is 11.7 Å². The fourth-order valence-corrected chi connectivity index (χ4v) is 4.79. The molecule has 1 fully saturated rings. The summed E-state index contributed by atoms with van der Waals surface area (Å²) in [6.07, 6.45) is 2.83. The Kier molecular flexibility index (Phi) is 9.64. The van der Waals surface area contributed by atoms with Crippen LogP contribution in [0.3, 0.4) is 0 Å². The number of pyridine rings is 1. The minimum absolute atomic E-state index is 0.00125. The number of aromatic nitrogens is 1. The number of amides is 1. The van der Waals surface area contributed by atoms with Crippen molar-refractivity contribution in [1.29, 1.82) is 0 Å². The number of carbonyl (C=O) groups is 1. The zero-order valence-electron chi connectivity index (χ0n) is 22.4. The number of aliphatic hydroxyl groups is 1. The number of aliphatic hydroxyl groups excluding tert-OH is 1. The number of nitrogens with one attached hydrogen (secondary N) is 1. The van der Waals surface area contributed by atoms with Gasteiger partial charge in [0.1, 0.15) is 23.9 Å². The highest BCUT2D eigenvalue weighted by Crippen LogP contribution is 2.44. The molecule has 0 aliphatic heterocycles. The minimum Gasteiger partial charge on any atom is -0.493 e. The summed E-state index contributed by atoms with van der Waals surface area (Å²) in [4.78, 5) is 18.1. The van der Waals surface area contributed by atoms with Crippen LogP contribution in [0.4, 0.5) is 4.39 Å². The molecule has 1 aliphatic rings. The predicted octanol–water partition coefficient (Wildman–Crippen LogP) is 5.81. The summed E-state index contributed by atoms with van der Waals surface area (Å²) in [6, 6.07) is 11.6. The van der Waals surface area contributed by atoms with Gasteiger partial charge in [0.2, 0.25) is 0 Å². The van der Waals surface area contributed by atoms with Gasteiger partial charge in [0.15, 0.2) is 11.5 Å². The summed E-state index contributed by atoms with van der Waals surface area (Å²) in [5.41, 5.74) is 3.59. The molecule has 1 saturated carbocycles. The van der Waals surface area contributed by atoms with Crippen molar-refractivity contribution in [3.63, 3.8) is 0 Å². The number of halogens is 2. The maximum Gasteiger partial charge on any atom is 0.251 e. The molecule has 1 heterocycles. The van der Waals surface area contributed by atoms with Crippen LogP contribution in [-0.2, 0) is 6.42 Å². The number of carbonyl (C=O) groups excluding carboxylic acids is 1. The van der Waals surface area contributed by atoms with Gasteiger partial charge in [-0.2, -0.15) is 0 Å². The largest absolute Gasteiger partial charge is 0.493 e. The molecule has 4 rings (SSSR count). The third-order valence-electron chi connectivity index (χ3n) is 6.76. The van der Waals surface area contributed by atoms with Gasteiger partial charge < -0.3 is 24.6 Å². The average Bonchev–Trinajstić information content (AvgIpc) is 3.79. The van der Waals surface area contributed by atoms with Gasteiger partial charge in [0.25, 0.3) is 5.91 Å². The monoisotopic (exact) mass is 556 g/mol. The van der Waals surface area contributed by atoms with Gasteiger partial charge in [-0.1, -0.05) is 18.5 Å². The van der Waals surface area contributed by atoms with Crippen molar-refractivity contribution in [2.45, 2.75) is 39.0 Å². The summed E-state index contributed by atoms with van der Waals surface area (Å²) in [5, 5.41) is 12.1. The molecule has 208 valence electrons. The molecule has 39 heavy (non-hydrogen) atoms. The Morgan fingerprint density at radius 1 is 1.15 bits per heavy atom. The molecule has 2 N–H and O–H groups in total. The second-order valence-corrected chi connectivity index (χ2v) is 9.80. The molecule has 0 spiro atoms. The van der Waals surface area contributed by atoms with Crippen molar-refractivity contribution in [3.8, 4) is 28.5 Å². The van der Waals surface area contributed by atoms with Gasteiger partial charge >= 0.3 is 0 Å². The fraction of sp³-hybridized carbons (Fsp3) is 0.400. The smallest absolute Gasteiger partial charge is 0.251 e. The van der Waals surface area contributed by atoms with E-state index in [0.29, 0.717) is 53.1 Å². The number of hydrogen-bond donors (Lipinski definition) is 2. The normalized spacial score (nSPS) is 13.6. The number of methoxy groups -OCH3 is 1. The van der Waals surface area contributed by atoms with Crippen LogP contribution < -0.4 is 19.5 Å². The molecule has 0 bridgehead atoms. The second-order valence-electron chi connectivity index (χ2n) is 9.39. The Balaban J connectivity index is 1.62. The van der Waals surface area contributed by atoms with E-state index in [2.05, 4.69) is 18.3 Å². The Hall–Kier alpha value is -3.36. The van der Waals surface area contributed by atoms with Crippen molar-refractivity contribution in [2.24, 2.45) is 5.92 Å². The molecule has 1 aliphatic carbocycles. The van der Waals surface area contributed by atoms with Crippen molar-refractivity contribution in [1.82, 2.24) is 10.3 Å². The molecule has 9 heteroatoms. The number of ether oxygens (including phenoxy) is 3. The second kappa shape index (κ2) is 13.1. The van der Waals surface area contributed by atoms with E-state index in [4.69, 9.17) is 35.9 Å². The zero-order chi connectivity index (χ0) is 27.9. The summed E-state index contributed by atoms with van der Waals surface area (Å²) >= 11 is 6.11. The topological polar surface area (TPSA) is 89.9 Å². The highest BCUT2D eigenvalue weighted by molar-refractivity contribution is 6.31. The molecule has 3 aromatic rings. The number of aryl methyl sites for hydroxylation is 1. The molecule has 1 atom stereocenters. The molecule has 0 radical (unpaired) electrons. The lowest BCUT2D eigenvalue weighted by atomic mass is 9.95. The van der Waals surface area contributed by atoms with Crippen LogP contribution in [0.15, 0.2) is 42.5 Å². The highest BCUT2D eigenvalue weighted by Gasteiger charge is 2.34. The molecule has 0 saturated heterocycles. The van der Waals surface area contributed by atoms with Crippen LogP contribution in [0.2, 0.25) is 5.02 Å². The summed E-state index contributed by atoms with van der Waals surface area (Å²) in [5.74, 6) is 1.21. The van der Waals surface area contributed by atoms with Crippen LogP contribution in [0.25, 0.3) is 11.3 Å². The zero-order valence-corrected chi connectivity index (χ0v) is 23.2. The summed E-state index contributed by atoms with van der Waals surface area (Å²) < 4.78 is 30.7. The average molecular weight is 557 g/mol. The molecule has 7 nitrogen and oxygen atoms in total. The first-order valence-corrected chi connectivity index (χ1v) is 13.6. The lowest BCUT2D eigenvalue weighted by molar-refractivity contribution is 0.0949. The van der Waals surface area contributed by atoms with Gasteiger partial charge in [-0.15, -0.1) is 0 Å². The van der Waals surface area contributed by atoms with E-state index in [0.717, 1.165) is 30.5 Å². The molecule has 1 unspecified atom stereocenters. The Bertz CT molecular complexity index is 1310. The first-order chi connectivity index (χ1) is 18.9. The van der Waals surface area contributed by atoms with Gasteiger partial charge in [-0.3, -0.25) is 4.79 Å². The number of benzene rings is 2. The van der Waals surface area contributed by atoms with Crippen molar-refractivity contribution >= 4 is 17.5 Å². The predicted molar refractivity (Wildman–Crippen MR) is 149 cm³/mol. The van der Waals surface area contributed by atoms with E-state index in [1.54, 1.807) is 30.3 Å². The van der Waals surface area contributed by atoms with Crippen molar-refractivity contribution < 1.29 is 28.5 Å². The van der Waals surface area contributed by atoms with E-state index >= 15 is 0 Å². The van der Waals surface area contributed by atoms with Crippen LogP contribution in [-0.4, -0.2) is 49.5 Å². The third kappa shape index (κ3) is 6.81. The minimum atomic E-state index is -0.492. The number of nitrogens with zero attached hydrogens (tertiary/aromatic N) is 1. The summed E-state index contributed by atoms with van der Waals surface area (Å²) in [7, 11) is 1.50. The van der Waals surface area contributed by atoms with Crippen molar-refractivity contribution in [3.05, 3.63) is 70.1 Å². The lowest BCUT2D eigenvalue weighted by Crippen LogP contribution is -2.29. The maximum absolute atomic E-state index is 13.9. The molecule has 1 aromatic heterocycles. The quantitative estimate of drug-likeness (QED) is 0.276. The Morgan fingerprint density at radius 3 is 2.59 bits per heavy atom. The van der Waals surface area contributed by atoms with E-state index < -0.39 is 5.82 Å². The maximum atomic E-state index is 13.9. The van der Waals surface area contributed by atoms with Gasteiger partial charge in [-0.05, 0) is 80.1 Å². The molecular formula is C30H34ClFN2O5. The third-order valence-corrected chi connectivity index (χ3v) is 7.05. The van der Waals surface area contributed by atoms with E-state index in [1.165, 1.54) is 13.2 Å². The molecule has 2 aromatic carbocycles. The molecular weight excluding hydrogens is 523 g/mol. The summed E-state index contributed by atoms with van der Waals surface area (Å²) in [6.45, 7) is 4.85. The van der Waals surface area contributed by atoms with Gasteiger partial charge in [0.05, 0.1) is 25.3 Å². The van der Waals surface area contributed by atoms with Crippen LogP contribution in [0.1, 0.15) is 54.2 Å². The Labute approximate surface area is 233 Å².